The summed E-state index contributed by atoms with van der Waals surface area (Å²) in [6, 6.07) is 0. The molecule has 0 bridgehead atoms. The molecule has 6 atom stereocenters. The van der Waals surface area contributed by atoms with E-state index in [0.29, 0.717) is 13.0 Å². The molecular weight excluding hydrogens is 775 g/mol. The van der Waals surface area contributed by atoms with Crippen molar-refractivity contribution in [3.05, 3.63) is 12.2 Å². The third-order valence-electron chi connectivity index (χ3n) is 11.4. The molecule has 0 aromatic heterocycles. The van der Waals surface area contributed by atoms with Gasteiger partial charge >= 0.3 is 13.8 Å². The molecule has 13 heteroatoms. The molecule has 12 nitrogen and oxygen atoms in total. The van der Waals surface area contributed by atoms with Crippen LogP contribution in [0.3, 0.4) is 0 Å². The highest BCUT2D eigenvalue weighted by Crippen LogP contribution is 2.47. The molecule has 6 N–H and O–H groups in total. The van der Waals surface area contributed by atoms with E-state index in [1.807, 2.05) is 0 Å². The first-order valence-corrected chi connectivity index (χ1v) is 25.5. The van der Waals surface area contributed by atoms with Gasteiger partial charge in [0.05, 0.1) is 13.2 Å². The summed E-state index contributed by atoms with van der Waals surface area (Å²) in [6.07, 6.45) is 28.5. The van der Waals surface area contributed by atoms with E-state index in [1.165, 1.54) is 148 Å². The fraction of sp³-hybridized carbons (Fsp3) is 0.935. The number of carbonyl (C=O) groups excluding carboxylic acids is 1. The quantitative estimate of drug-likeness (QED) is 0.0148. The molecule has 0 aliphatic heterocycles. The van der Waals surface area contributed by atoms with Crippen molar-refractivity contribution in [1.82, 2.24) is 0 Å². The first-order chi connectivity index (χ1) is 28.5. The topological polar surface area (TPSA) is 192 Å². The first-order valence-electron chi connectivity index (χ1n) is 24.0. The Bertz CT molecular complexity index is 1030. The average molecular weight is 865 g/mol. The Labute approximate surface area is 358 Å². The van der Waals surface area contributed by atoms with E-state index in [2.05, 4.69) is 26.0 Å². The third-order valence-corrected chi connectivity index (χ3v) is 12.4. The van der Waals surface area contributed by atoms with Crippen molar-refractivity contribution >= 4 is 13.8 Å². The van der Waals surface area contributed by atoms with E-state index in [-0.39, 0.29) is 13.0 Å². The van der Waals surface area contributed by atoms with E-state index in [4.69, 9.17) is 18.5 Å². The highest BCUT2D eigenvalue weighted by Gasteiger charge is 2.51. The molecule has 0 radical (unpaired) electrons. The standard InChI is InChI=1S/C46H89O12P/c1-3-5-7-9-11-13-15-17-18-19-20-21-22-24-26-28-30-32-34-36-55-37-39(38-56-59(53,54)58-46-44(51)42(49)41(48)43(50)45(46)52)57-40(47)35-33-31-29-27-25-23-16-14-12-10-8-6-4-2/h18-19,39,41-46,48-52H,3-17,20-38H2,1-2H3,(H,53,54)/b19-18-. The molecule has 59 heavy (non-hydrogen) atoms. The van der Waals surface area contributed by atoms with Crippen LogP contribution in [0.5, 0.6) is 0 Å². The zero-order valence-corrected chi connectivity index (χ0v) is 38.2. The van der Waals surface area contributed by atoms with Gasteiger partial charge in [-0.2, -0.15) is 0 Å². The van der Waals surface area contributed by atoms with Gasteiger partial charge < -0.3 is 39.9 Å². The second kappa shape index (κ2) is 37.6. The Hall–Kier alpha value is -0.920. The summed E-state index contributed by atoms with van der Waals surface area (Å²) in [6.45, 7) is 4.27. The van der Waals surface area contributed by atoms with Crippen LogP contribution in [0.1, 0.15) is 213 Å². The number of hydrogen-bond acceptors (Lipinski definition) is 11. The van der Waals surface area contributed by atoms with Crippen LogP contribution in [-0.4, -0.2) is 98.9 Å². The second-order valence-corrected chi connectivity index (χ2v) is 18.4. The van der Waals surface area contributed by atoms with Gasteiger partial charge in [-0.3, -0.25) is 13.8 Å². The fourth-order valence-corrected chi connectivity index (χ4v) is 8.50. The van der Waals surface area contributed by atoms with Gasteiger partial charge in [-0.25, -0.2) is 4.57 Å². The molecule has 0 spiro atoms. The SMILES string of the molecule is CCCCCCCCC/C=C\CCCCCCCCCCOCC(COP(=O)(O)OC1C(O)C(O)C(O)C(O)C1O)OC(=O)CCCCCCCCCCCCCCC. The molecule has 6 unspecified atom stereocenters. The maximum Gasteiger partial charge on any atom is 0.472 e. The largest absolute Gasteiger partial charge is 0.472 e. The van der Waals surface area contributed by atoms with Gasteiger partial charge in [0, 0.05) is 13.0 Å². The number of phosphoric ester groups is 1. The molecule has 0 aromatic rings. The molecule has 350 valence electrons. The van der Waals surface area contributed by atoms with Crippen molar-refractivity contribution in [3.63, 3.8) is 0 Å². The molecule has 1 aliphatic carbocycles. The molecule has 1 fully saturated rings. The Morgan fingerprint density at radius 1 is 0.525 bits per heavy atom. The van der Waals surface area contributed by atoms with E-state index in [9.17, 15) is 39.8 Å². The number of unbranched alkanes of at least 4 members (excludes halogenated alkanes) is 27. The number of aliphatic hydroxyl groups excluding tert-OH is 5. The first kappa shape index (κ1) is 56.1. The maximum atomic E-state index is 12.8. The van der Waals surface area contributed by atoms with Gasteiger partial charge in [-0.1, -0.05) is 180 Å². The summed E-state index contributed by atoms with van der Waals surface area (Å²) < 4.78 is 34.2. The number of hydrogen-bond donors (Lipinski definition) is 6. The Morgan fingerprint density at radius 2 is 0.898 bits per heavy atom. The minimum Gasteiger partial charge on any atom is -0.457 e. The summed E-state index contributed by atoms with van der Waals surface area (Å²) >= 11 is 0. The molecule has 1 saturated carbocycles. The fourth-order valence-electron chi connectivity index (χ4n) is 7.53. The minimum atomic E-state index is -5.01. The van der Waals surface area contributed by atoms with Gasteiger partial charge in [-0.15, -0.1) is 0 Å². The molecule has 0 aromatic carbocycles. The zero-order valence-electron chi connectivity index (χ0n) is 37.3. The van der Waals surface area contributed by atoms with Crippen molar-refractivity contribution < 1.29 is 58.3 Å². The van der Waals surface area contributed by atoms with Crippen molar-refractivity contribution in [2.24, 2.45) is 0 Å². The van der Waals surface area contributed by atoms with E-state index >= 15 is 0 Å². The smallest absolute Gasteiger partial charge is 0.457 e. The van der Waals surface area contributed by atoms with Crippen LogP contribution in [0.25, 0.3) is 0 Å². The lowest BCUT2D eigenvalue weighted by molar-refractivity contribution is -0.220. The number of phosphoric acid groups is 1. The molecule has 0 amide bonds. The van der Waals surface area contributed by atoms with Gasteiger partial charge in [0.15, 0.2) is 0 Å². The van der Waals surface area contributed by atoms with Crippen molar-refractivity contribution in [2.75, 3.05) is 19.8 Å². The van der Waals surface area contributed by atoms with Crippen LogP contribution in [0, 0.1) is 0 Å². The molecule has 0 heterocycles. The normalized spacial score (nSPS) is 22.5. The average Bonchev–Trinajstić information content (AvgIpc) is 3.22. The van der Waals surface area contributed by atoms with Crippen molar-refractivity contribution in [3.8, 4) is 0 Å². The van der Waals surface area contributed by atoms with E-state index in [1.54, 1.807) is 0 Å². The van der Waals surface area contributed by atoms with Crippen LogP contribution in [0.4, 0.5) is 0 Å². The zero-order chi connectivity index (χ0) is 43.4. The number of rotatable bonds is 41. The van der Waals surface area contributed by atoms with Crippen LogP contribution in [-0.2, 0) is 27.9 Å². The van der Waals surface area contributed by atoms with Crippen molar-refractivity contribution in [1.29, 1.82) is 0 Å². The predicted molar refractivity (Wildman–Crippen MR) is 235 cm³/mol. The number of carbonyl (C=O) groups is 1. The summed E-state index contributed by atoms with van der Waals surface area (Å²) in [4.78, 5) is 23.1. The minimum absolute atomic E-state index is 0.0733. The summed E-state index contributed by atoms with van der Waals surface area (Å²) in [5.74, 6) is -0.475. The molecular formula is C46H89O12P. The Kier molecular flexibility index (Phi) is 35.8. The maximum absolute atomic E-state index is 12.8. The second-order valence-electron chi connectivity index (χ2n) is 17.0. The summed E-state index contributed by atoms with van der Waals surface area (Å²) in [5, 5.41) is 50.2. The predicted octanol–water partition coefficient (Wildman–Crippen LogP) is 9.92. The number of esters is 1. The highest BCUT2D eigenvalue weighted by atomic mass is 31.2. The number of ether oxygens (including phenoxy) is 2. The van der Waals surface area contributed by atoms with Crippen molar-refractivity contribution in [2.45, 2.75) is 256 Å². The third kappa shape index (κ3) is 29.9. The van der Waals surface area contributed by atoms with Crippen LogP contribution in [0.15, 0.2) is 12.2 Å². The number of aliphatic hydroxyl groups is 5. The van der Waals surface area contributed by atoms with Gasteiger partial charge in [0.25, 0.3) is 0 Å². The van der Waals surface area contributed by atoms with Crippen LogP contribution in [0.2, 0.25) is 0 Å². The van der Waals surface area contributed by atoms with E-state index in [0.717, 1.165) is 38.5 Å². The Balaban J connectivity index is 2.35. The molecule has 0 saturated heterocycles. The van der Waals surface area contributed by atoms with Gasteiger partial charge in [-0.05, 0) is 38.5 Å². The lowest BCUT2D eigenvalue weighted by atomic mass is 9.85. The lowest BCUT2D eigenvalue weighted by Crippen LogP contribution is -2.64. The van der Waals surface area contributed by atoms with Gasteiger partial charge in [0.2, 0.25) is 0 Å². The monoisotopic (exact) mass is 865 g/mol. The Morgan fingerprint density at radius 3 is 1.34 bits per heavy atom. The van der Waals surface area contributed by atoms with Crippen LogP contribution < -0.4 is 0 Å². The summed E-state index contributed by atoms with van der Waals surface area (Å²) in [5.41, 5.74) is 0. The van der Waals surface area contributed by atoms with E-state index < -0.39 is 63.1 Å². The van der Waals surface area contributed by atoms with Gasteiger partial charge in [0.1, 0.15) is 42.7 Å². The molecule has 1 aliphatic rings. The molecule has 1 rings (SSSR count). The van der Waals surface area contributed by atoms with Crippen LogP contribution >= 0.6 is 7.82 Å². The summed E-state index contributed by atoms with van der Waals surface area (Å²) in [7, 11) is -5.01. The number of allylic oxidation sites excluding steroid dienone is 2. The lowest BCUT2D eigenvalue weighted by Gasteiger charge is -2.41. The highest BCUT2D eigenvalue weighted by molar-refractivity contribution is 7.47.